The highest BCUT2D eigenvalue weighted by molar-refractivity contribution is 5.75. The number of hydrogen-bond acceptors (Lipinski definition) is 4. The zero-order valence-corrected chi connectivity index (χ0v) is 11.4. The van der Waals surface area contributed by atoms with Gasteiger partial charge in [-0.3, -0.25) is 4.79 Å². The van der Waals surface area contributed by atoms with Crippen LogP contribution in [0.5, 0.6) is 11.5 Å². The molecule has 0 unspecified atom stereocenters. The van der Waals surface area contributed by atoms with Crippen LogP contribution in [0.25, 0.3) is 0 Å². The lowest BCUT2D eigenvalue weighted by Gasteiger charge is -2.11. The smallest absolute Gasteiger partial charge is 0.220 e. The van der Waals surface area contributed by atoms with Gasteiger partial charge in [0.15, 0.2) is 0 Å². The fourth-order valence-electron chi connectivity index (χ4n) is 1.72. The molecular formula is C14H21NO4. The number of carbonyl (C=O) groups is 1. The van der Waals surface area contributed by atoms with Gasteiger partial charge < -0.3 is 19.9 Å². The topological polar surface area (TPSA) is 67.8 Å². The lowest BCUT2D eigenvalue weighted by Crippen LogP contribution is -2.25. The van der Waals surface area contributed by atoms with Gasteiger partial charge in [0.25, 0.3) is 0 Å². The largest absolute Gasteiger partial charge is 0.497 e. The number of aliphatic hydroxyl groups excluding tert-OH is 1. The minimum atomic E-state index is -0.0403. The molecule has 2 N–H and O–H groups in total. The molecule has 0 aliphatic rings. The Morgan fingerprint density at radius 3 is 2.74 bits per heavy atom. The molecule has 0 bridgehead atoms. The van der Waals surface area contributed by atoms with Crippen molar-refractivity contribution in [3.63, 3.8) is 0 Å². The highest BCUT2D eigenvalue weighted by Gasteiger charge is 2.06. The van der Waals surface area contributed by atoms with Crippen LogP contribution in [0.2, 0.25) is 0 Å². The standard InChI is InChI=1S/C14H21NO4/c1-18-12-6-5-11(13(10-12)19-2)7-8-15-14(17)4-3-9-16/h5-6,10,16H,3-4,7-9H2,1-2H3,(H,15,17). The molecule has 0 fully saturated rings. The quantitative estimate of drug-likeness (QED) is 0.741. The van der Waals surface area contributed by atoms with Gasteiger partial charge in [-0.1, -0.05) is 6.07 Å². The summed E-state index contributed by atoms with van der Waals surface area (Å²) < 4.78 is 10.4. The summed E-state index contributed by atoms with van der Waals surface area (Å²) in [5, 5.41) is 11.4. The van der Waals surface area contributed by atoms with Gasteiger partial charge in [0.1, 0.15) is 11.5 Å². The first-order valence-corrected chi connectivity index (χ1v) is 6.29. The van der Waals surface area contributed by atoms with E-state index in [0.29, 0.717) is 25.8 Å². The summed E-state index contributed by atoms with van der Waals surface area (Å²) in [4.78, 5) is 11.4. The summed E-state index contributed by atoms with van der Waals surface area (Å²) in [5.74, 6) is 1.46. The molecule has 0 atom stereocenters. The zero-order valence-electron chi connectivity index (χ0n) is 11.4. The maximum Gasteiger partial charge on any atom is 0.220 e. The van der Waals surface area contributed by atoms with E-state index in [2.05, 4.69) is 5.32 Å². The molecule has 1 amide bonds. The van der Waals surface area contributed by atoms with Crippen molar-refractivity contribution in [2.75, 3.05) is 27.4 Å². The van der Waals surface area contributed by atoms with Crippen molar-refractivity contribution in [1.82, 2.24) is 5.32 Å². The van der Waals surface area contributed by atoms with Crippen molar-refractivity contribution in [3.8, 4) is 11.5 Å². The van der Waals surface area contributed by atoms with Crippen LogP contribution in [0.15, 0.2) is 18.2 Å². The summed E-state index contributed by atoms with van der Waals surface area (Å²) in [6, 6.07) is 5.62. The first-order valence-electron chi connectivity index (χ1n) is 6.29. The Morgan fingerprint density at radius 1 is 1.32 bits per heavy atom. The lowest BCUT2D eigenvalue weighted by molar-refractivity contribution is -0.121. The Labute approximate surface area is 113 Å². The van der Waals surface area contributed by atoms with Crippen LogP contribution in [0.3, 0.4) is 0 Å². The second-order valence-electron chi connectivity index (χ2n) is 4.10. The van der Waals surface area contributed by atoms with E-state index < -0.39 is 0 Å². The number of hydrogen-bond donors (Lipinski definition) is 2. The molecule has 19 heavy (non-hydrogen) atoms. The van der Waals surface area contributed by atoms with Gasteiger partial charge in [-0.25, -0.2) is 0 Å². The number of benzene rings is 1. The Hall–Kier alpha value is -1.75. The van der Waals surface area contributed by atoms with Gasteiger partial charge in [0.2, 0.25) is 5.91 Å². The Bertz CT molecular complexity index is 406. The van der Waals surface area contributed by atoms with E-state index in [4.69, 9.17) is 14.6 Å². The highest BCUT2D eigenvalue weighted by atomic mass is 16.5. The summed E-state index contributed by atoms with van der Waals surface area (Å²) in [5.41, 5.74) is 1.02. The molecule has 0 saturated heterocycles. The number of ether oxygens (including phenoxy) is 2. The van der Waals surface area contributed by atoms with E-state index >= 15 is 0 Å². The summed E-state index contributed by atoms with van der Waals surface area (Å²) >= 11 is 0. The van der Waals surface area contributed by atoms with E-state index in [-0.39, 0.29) is 12.5 Å². The van der Waals surface area contributed by atoms with Crippen molar-refractivity contribution < 1.29 is 19.4 Å². The fourth-order valence-corrected chi connectivity index (χ4v) is 1.72. The van der Waals surface area contributed by atoms with E-state index in [1.807, 2.05) is 18.2 Å². The normalized spacial score (nSPS) is 10.1. The molecule has 5 heteroatoms. The number of nitrogens with one attached hydrogen (secondary N) is 1. The van der Waals surface area contributed by atoms with Crippen LogP contribution in [-0.2, 0) is 11.2 Å². The summed E-state index contributed by atoms with van der Waals surface area (Å²) in [7, 11) is 3.22. The monoisotopic (exact) mass is 267 g/mol. The van der Waals surface area contributed by atoms with E-state index in [0.717, 1.165) is 17.1 Å². The predicted octanol–water partition coefficient (Wildman–Crippen LogP) is 1.13. The van der Waals surface area contributed by atoms with Crippen molar-refractivity contribution in [2.24, 2.45) is 0 Å². The molecule has 1 rings (SSSR count). The van der Waals surface area contributed by atoms with E-state index in [1.54, 1.807) is 14.2 Å². The molecule has 0 aliphatic heterocycles. The van der Waals surface area contributed by atoms with Crippen LogP contribution in [0, 0.1) is 0 Å². The Balaban J connectivity index is 2.46. The molecule has 0 spiro atoms. The van der Waals surface area contributed by atoms with Crippen molar-refractivity contribution in [2.45, 2.75) is 19.3 Å². The second kappa shape index (κ2) is 8.37. The molecule has 5 nitrogen and oxygen atoms in total. The van der Waals surface area contributed by atoms with E-state index in [9.17, 15) is 4.79 Å². The van der Waals surface area contributed by atoms with Gasteiger partial charge >= 0.3 is 0 Å². The first kappa shape index (κ1) is 15.3. The summed E-state index contributed by atoms with van der Waals surface area (Å²) in [6.45, 7) is 0.590. The molecule has 1 aromatic rings. The van der Waals surface area contributed by atoms with Crippen LogP contribution in [0.1, 0.15) is 18.4 Å². The van der Waals surface area contributed by atoms with E-state index in [1.165, 1.54) is 0 Å². The van der Waals surface area contributed by atoms with Gasteiger partial charge in [-0.05, 0) is 24.5 Å². The number of amides is 1. The molecule has 0 heterocycles. The van der Waals surface area contributed by atoms with Crippen LogP contribution in [0.4, 0.5) is 0 Å². The predicted molar refractivity (Wildman–Crippen MR) is 72.6 cm³/mol. The third kappa shape index (κ3) is 5.18. The molecule has 0 saturated carbocycles. The van der Waals surface area contributed by atoms with Crippen molar-refractivity contribution in [1.29, 1.82) is 0 Å². The molecule has 0 radical (unpaired) electrons. The van der Waals surface area contributed by atoms with Crippen LogP contribution < -0.4 is 14.8 Å². The molecule has 0 aromatic heterocycles. The second-order valence-corrected chi connectivity index (χ2v) is 4.10. The van der Waals surface area contributed by atoms with Crippen molar-refractivity contribution in [3.05, 3.63) is 23.8 Å². The zero-order chi connectivity index (χ0) is 14.1. The van der Waals surface area contributed by atoms with Crippen molar-refractivity contribution >= 4 is 5.91 Å². The SMILES string of the molecule is COc1ccc(CCNC(=O)CCCO)c(OC)c1. The van der Waals surface area contributed by atoms with Crippen LogP contribution >= 0.6 is 0 Å². The number of rotatable bonds is 8. The fraction of sp³-hybridized carbons (Fsp3) is 0.500. The average Bonchev–Trinajstić information content (AvgIpc) is 2.45. The maximum absolute atomic E-state index is 11.4. The lowest BCUT2D eigenvalue weighted by atomic mass is 10.1. The Morgan fingerprint density at radius 2 is 2.11 bits per heavy atom. The average molecular weight is 267 g/mol. The number of aliphatic hydroxyl groups is 1. The van der Waals surface area contributed by atoms with Gasteiger partial charge in [0, 0.05) is 25.6 Å². The highest BCUT2D eigenvalue weighted by Crippen LogP contribution is 2.24. The van der Waals surface area contributed by atoms with Gasteiger partial charge in [-0.2, -0.15) is 0 Å². The molecular weight excluding hydrogens is 246 g/mol. The number of carbonyl (C=O) groups excluding carboxylic acids is 1. The van der Waals surface area contributed by atoms with Gasteiger partial charge in [0.05, 0.1) is 14.2 Å². The minimum absolute atomic E-state index is 0.0403. The Kier molecular flexibility index (Phi) is 6.74. The van der Waals surface area contributed by atoms with Crippen LogP contribution in [-0.4, -0.2) is 38.4 Å². The minimum Gasteiger partial charge on any atom is -0.497 e. The molecule has 0 aliphatic carbocycles. The molecule has 106 valence electrons. The number of methoxy groups -OCH3 is 2. The first-order chi connectivity index (χ1) is 9.21. The summed E-state index contributed by atoms with van der Waals surface area (Å²) in [6.07, 6.45) is 1.55. The third-order valence-corrected chi connectivity index (χ3v) is 2.77. The molecule has 1 aromatic carbocycles. The maximum atomic E-state index is 11.4. The third-order valence-electron chi connectivity index (χ3n) is 2.77. The van der Waals surface area contributed by atoms with Gasteiger partial charge in [-0.15, -0.1) is 0 Å².